The maximum absolute atomic E-state index is 12.7. The number of hydrogen-bond acceptors (Lipinski definition) is 7. The van der Waals surface area contributed by atoms with Crippen molar-refractivity contribution < 1.29 is 22.3 Å². The third-order valence-corrected chi connectivity index (χ3v) is 4.81. The van der Waals surface area contributed by atoms with Crippen LogP contribution >= 0.6 is 0 Å². The molecule has 29 heavy (non-hydrogen) atoms. The van der Waals surface area contributed by atoms with Crippen LogP contribution in [-0.2, 0) is 6.54 Å². The Morgan fingerprint density at radius 3 is 2.66 bits per heavy atom. The summed E-state index contributed by atoms with van der Waals surface area (Å²) in [5.41, 5.74) is 7.86. The third-order valence-electron chi connectivity index (χ3n) is 4.81. The van der Waals surface area contributed by atoms with E-state index in [1.165, 1.54) is 31.0 Å². The minimum Gasteiger partial charge on any atom is -0.451 e. The van der Waals surface area contributed by atoms with E-state index in [1.807, 2.05) is 4.90 Å². The van der Waals surface area contributed by atoms with Crippen LogP contribution in [0.5, 0.6) is 5.75 Å². The lowest BCUT2D eigenvalue weighted by Crippen LogP contribution is -2.23. The number of nitrogens with two attached hydrogens (primary N) is 1. The molecule has 0 spiro atoms. The van der Waals surface area contributed by atoms with Crippen molar-refractivity contribution in [2.75, 3.05) is 10.6 Å². The monoisotopic (exact) mass is 405 g/mol. The number of nitrogen functional groups attached to an aromatic ring is 1. The van der Waals surface area contributed by atoms with Crippen molar-refractivity contribution in [2.45, 2.75) is 38.1 Å². The molecule has 0 atom stereocenters. The van der Waals surface area contributed by atoms with Crippen molar-refractivity contribution in [1.29, 1.82) is 0 Å². The van der Waals surface area contributed by atoms with Crippen LogP contribution in [0.4, 0.5) is 30.6 Å². The molecule has 152 valence electrons. The molecule has 0 unspecified atom stereocenters. The number of rotatable bonds is 6. The minimum atomic E-state index is -4.75. The van der Waals surface area contributed by atoms with Gasteiger partial charge in [-0.25, -0.2) is 9.97 Å². The number of halogens is 3. The van der Waals surface area contributed by atoms with E-state index in [2.05, 4.69) is 19.7 Å². The molecule has 1 fully saturated rings. The quantitative estimate of drug-likeness (QED) is 0.643. The molecule has 3 aromatic rings. The normalized spacial score (nSPS) is 14.4. The first kappa shape index (κ1) is 19.0. The average molecular weight is 405 g/mol. The molecule has 2 N–H and O–H groups in total. The molecule has 1 aliphatic carbocycles. The summed E-state index contributed by atoms with van der Waals surface area (Å²) in [5, 5.41) is 0. The van der Waals surface area contributed by atoms with Gasteiger partial charge in [-0.2, -0.15) is 4.98 Å². The highest BCUT2D eigenvalue weighted by molar-refractivity contribution is 5.66. The second-order valence-electron chi connectivity index (χ2n) is 6.74. The number of anilines is 3. The lowest BCUT2D eigenvalue weighted by molar-refractivity contribution is -0.274. The van der Waals surface area contributed by atoms with Crippen molar-refractivity contribution in [3.05, 3.63) is 54.4 Å². The van der Waals surface area contributed by atoms with Crippen molar-refractivity contribution in [3.63, 3.8) is 0 Å². The van der Waals surface area contributed by atoms with Gasteiger partial charge in [0.15, 0.2) is 6.39 Å². The minimum absolute atomic E-state index is 0.0925. The molecule has 10 heteroatoms. The van der Waals surface area contributed by atoms with Crippen molar-refractivity contribution in [3.8, 4) is 5.75 Å². The van der Waals surface area contributed by atoms with E-state index in [9.17, 15) is 13.2 Å². The lowest BCUT2D eigenvalue weighted by Gasteiger charge is -2.32. The summed E-state index contributed by atoms with van der Waals surface area (Å²) < 4.78 is 47.3. The molecule has 1 aliphatic rings. The second kappa shape index (κ2) is 7.61. The van der Waals surface area contributed by atoms with Gasteiger partial charge in [0.25, 0.3) is 0 Å². The van der Waals surface area contributed by atoms with Crippen molar-refractivity contribution >= 4 is 17.5 Å². The second-order valence-corrected chi connectivity index (χ2v) is 6.74. The number of nitrogens with zero attached hydrogens (tertiary/aromatic N) is 4. The van der Waals surface area contributed by atoms with Crippen LogP contribution in [0, 0.1) is 0 Å². The van der Waals surface area contributed by atoms with Crippen LogP contribution < -0.4 is 15.4 Å². The van der Waals surface area contributed by atoms with Gasteiger partial charge in [-0.3, -0.25) is 0 Å². The number of aromatic nitrogens is 3. The van der Waals surface area contributed by atoms with Gasteiger partial charge in [0, 0.05) is 11.9 Å². The Labute approximate surface area is 164 Å². The van der Waals surface area contributed by atoms with Crippen LogP contribution in [0.1, 0.15) is 36.4 Å². The molecule has 4 rings (SSSR count). The summed E-state index contributed by atoms with van der Waals surface area (Å²) >= 11 is 0. The van der Waals surface area contributed by atoms with E-state index in [1.54, 1.807) is 12.1 Å². The number of ether oxygens (including phenoxy) is 1. The Morgan fingerprint density at radius 2 is 2.03 bits per heavy atom. The number of oxazole rings is 1. The molecule has 1 saturated carbocycles. The van der Waals surface area contributed by atoms with E-state index in [-0.39, 0.29) is 17.6 Å². The lowest BCUT2D eigenvalue weighted by atomic mass is 9.79. The fraction of sp³-hybridized carbons (Fsp3) is 0.316. The Bertz CT molecular complexity index is 974. The molecule has 0 amide bonds. The van der Waals surface area contributed by atoms with Gasteiger partial charge in [0.2, 0.25) is 5.95 Å². The van der Waals surface area contributed by atoms with Gasteiger partial charge in [0.1, 0.15) is 17.8 Å². The van der Waals surface area contributed by atoms with Crippen LogP contribution in [0.25, 0.3) is 0 Å². The van der Waals surface area contributed by atoms with Gasteiger partial charge < -0.3 is 19.8 Å². The molecule has 0 saturated heterocycles. The number of hydrogen-bond donors (Lipinski definition) is 1. The summed E-state index contributed by atoms with van der Waals surface area (Å²) in [5.74, 6) is 0.493. The van der Waals surface area contributed by atoms with Crippen molar-refractivity contribution in [1.82, 2.24) is 15.0 Å². The molecule has 7 nitrogen and oxygen atoms in total. The number of alkyl halides is 3. The third kappa shape index (κ3) is 4.41. The molecular formula is C19H18F3N5O2. The predicted octanol–water partition coefficient (Wildman–Crippen LogP) is 4.55. The first-order valence-corrected chi connectivity index (χ1v) is 9.02. The maximum atomic E-state index is 12.7. The molecular weight excluding hydrogens is 387 g/mol. The van der Waals surface area contributed by atoms with Gasteiger partial charge in [0.05, 0.1) is 12.2 Å². The maximum Gasteiger partial charge on any atom is 0.573 e. The Hall–Kier alpha value is -3.30. The van der Waals surface area contributed by atoms with Crippen LogP contribution in [0.3, 0.4) is 0 Å². The van der Waals surface area contributed by atoms with Gasteiger partial charge in [-0.1, -0.05) is 6.42 Å². The average Bonchev–Trinajstić information content (AvgIpc) is 3.11. The largest absolute Gasteiger partial charge is 0.573 e. The summed E-state index contributed by atoms with van der Waals surface area (Å²) in [4.78, 5) is 14.2. The standard InChI is InChI=1S/C19H18F3N5O2/c20-19(21,22)29-14-4-5-16(15(8-14)12-2-1-3-12)27(9-13-10-28-11-25-13)17-6-7-24-18(23)26-17/h4-8,10-12H,1-3,9H2,(H2,23,24,26). The zero-order valence-corrected chi connectivity index (χ0v) is 15.3. The molecule has 0 aliphatic heterocycles. The van der Waals surface area contributed by atoms with E-state index < -0.39 is 6.36 Å². The molecule has 0 bridgehead atoms. The summed E-state index contributed by atoms with van der Waals surface area (Å²) in [6, 6.07) is 6.03. The predicted molar refractivity (Wildman–Crippen MR) is 98.5 cm³/mol. The smallest absolute Gasteiger partial charge is 0.451 e. The highest BCUT2D eigenvalue weighted by atomic mass is 19.4. The Kier molecular flexibility index (Phi) is 4.99. The first-order chi connectivity index (χ1) is 13.9. The van der Waals surface area contributed by atoms with Crippen molar-refractivity contribution in [2.24, 2.45) is 0 Å². The zero-order valence-electron chi connectivity index (χ0n) is 15.3. The summed E-state index contributed by atoms with van der Waals surface area (Å²) in [7, 11) is 0. The fourth-order valence-electron chi connectivity index (χ4n) is 3.30. The fourth-order valence-corrected chi connectivity index (χ4v) is 3.30. The Morgan fingerprint density at radius 1 is 1.21 bits per heavy atom. The van der Waals surface area contributed by atoms with E-state index in [4.69, 9.17) is 10.2 Å². The topological polar surface area (TPSA) is 90.3 Å². The summed E-state index contributed by atoms with van der Waals surface area (Å²) in [6.45, 7) is 0.298. The van der Waals surface area contributed by atoms with Gasteiger partial charge >= 0.3 is 6.36 Å². The van der Waals surface area contributed by atoms with E-state index >= 15 is 0 Å². The van der Waals surface area contributed by atoms with Gasteiger partial charge in [-0.05, 0) is 48.6 Å². The first-order valence-electron chi connectivity index (χ1n) is 9.02. The Balaban J connectivity index is 1.78. The molecule has 1 aromatic carbocycles. The summed E-state index contributed by atoms with van der Waals surface area (Å²) in [6.07, 6.45) is 2.41. The van der Waals surface area contributed by atoms with Crippen LogP contribution in [0.15, 0.2) is 47.5 Å². The SMILES string of the molecule is Nc1nccc(N(Cc2cocn2)c2ccc(OC(F)(F)F)cc2C2CCC2)n1. The highest BCUT2D eigenvalue weighted by Gasteiger charge is 2.33. The zero-order chi connectivity index (χ0) is 20.4. The van der Waals surface area contributed by atoms with Gasteiger partial charge in [-0.15, -0.1) is 13.2 Å². The molecule has 0 radical (unpaired) electrons. The highest BCUT2D eigenvalue weighted by Crippen LogP contribution is 2.44. The molecule has 2 heterocycles. The van der Waals surface area contributed by atoms with E-state index in [0.717, 1.165) is 24.8 Å². The van der Waals surface area contributed by atoms with Crippen LogP contribution in [0.2, 0.25) is 0 Å². The van der Waals surface area contributed by atoms with E-state index in [0.29, 0.717) is 23.7 Å². The van der Waals surface area contributed by atoms with Crippen LogP contribution in [-0.4, -0.2) is 21.3 Å². The number of benzene rings is 1. The molecule has 2 aromatic heterocycles.